The van der Waals surface area contributed by atoms with Crippen molar-refractivity contribution in [2.45, 2.75) is 0 Å². The Morgan fingerprint density at radius 2 is 1.44 bits per heavy atom. The van der Waals surface area contributed by atoms with E-state index in [4.69, 9.17) is 30.5 Å². The van der Waals surface area contributed by atoms with Gasteiger partial charge in [0, 0.05) is 22.7 Å². The van der Waals surface area contributed by atoms with Gasteiger partial charge in [-0.25, -0.2) is 4.79 Å². The lowest BCUT2D eigenvalue weighted by molar-refractivity contribution is 0.0471. The molecule has 25 heavy (non-hydrogen) atoms. The summed E-state index contributed by atoms with van der Waals surface area (Å²) in [5, 5.41) is 0.517. The fourth-order valence-electron chi connectivity index (χ4n) is 2.12. The van der Waals surface area contributed by atoms with Gasteiger partial charge in [0.25, 0.3) is 0 Å². The van der Waals surface area contributed by atoms with Gasteiger partial charge in [-0.3, -0.25) is 4.79 Å². The molecule has 7 heteroatoms. The quantitative estimate of drug-likeness (QED) is 0.554. The summed E-state index contributed by atoms with van der Waals surface area (Å²) < 4.78 is 20.6. The maximum Gasteiger partial charge on any atom is 0.342 e. The van der Waals surface area contributed by atoms with Crippen LogP contribution < -0.4 is 14.2 Å². The van der Waals surface area contributed by atoms with E-state index in [1.807, 2.05) is 0 Å². The number of esters is 1. The molecule has 2 aromatic rings. The van der Waals surface area contributed by atoms with Gasteiger partial charge in [0.15, 0.2) is 23.9 Å². The van der Waals surface area contributed by atoms with E-state index >= 15 is 0 Å². The zero-order chi connectivity index (χ0) is 18.4. The summed E-state index contributed by atoms with van der Waals surface area (Å²) >= 11 is 5.78. The summed E-state index contributed by atoms with van der Waals surface area (Å²) in [6.45, 7) is -0.405. The lowest BCUT2D eigenvalue weighted by Gasteiger charge is -2.13. The number of hydrogen-bond acceptors (Lipinski definition) is 6. The first-order valence-electron chi connectivity index (χ1n) is 7.26. The van der Waals surface area contributed by atoms with Gasteiger partial charge in [-0.1, -0.05) is 11.6 Å². The van der Waals surface area contributed by atoms with Gasteiger partial charge in [0.1, 0.15) is 11.3 Å². The molecule has 0 spiro atoms. The first kappa shape index (κ1) is 18.6. The van der Waals surface area contributed by atoms with Gasteiger partial charge >= 0.3 is 5.97 Å². The maximum absolute atomic E-state index is 12.3. The maximum atomic E-state index is 12.3. The van der Waals surface area contributed by atoms with Gasteiger partial charge in [0.2, 0.25) is 0 Å². The van der Waals surface area contributed by atoms with E-state index in [1.165, 1.54) is 33.5 Å². The van der Waals surface area contributed by atoms with Gasteiger partial charge < -0.3 is 18.9 Å². The Morgan fingerprint density at radius 1 is 0.880 bits per heavy atom. The highest BCUT2D eigenvalue weighted by Crippen LogP contribution is 2.34. The first-order valence-corrected chi connectivity index (χ1v) is 7.63. The minimum Gasteiger partial charge on any atom is -0.496 e. The molecule has 0 unspecified atom stereocenters. The van der Waals surface area contributed by atoms with Gasteiger partial charge in [-0.05, 0) is 24.3 Å². The highest BCUT2D eigenvalue weighted by molar-refractivity contribution is 6.30. The summed E-state index contributed by atoms with van der Waals surface area (Å²) in [5.74, 6) is -0.0430. The molecule has 0 aliphatic rings. The highest BCUT2D eigenvalue weighted by Gasteiger charge is 2.20. The number of carbonyl (C=O) groups excluding carboxylic acids is 2. The predicted molar refractivity (Wildman–Crippen MR) is 92.2 cm³/mol. The molecule has 132 valence electrons. The number of methoxy groups -OCH3 is 3. The van der Waals surface area contributed by atoms with Crippen molar-refractivity contribution in [2.75, 3.05) is 27.9 Å². The van der Waals surface area contributed by atoms with Gasteiger partial charge in [-0.2, -0.15) is 0 Å². The second-order valence-electron chi connectivity index (χ2n) is 4.91. The second-order valence-corrected chi connectivity index (χ2v) is 5.35. The minimum atomic E-state index is -0.708. The van der Waals surface area contributed by atoms with Crippen LogP contribution in [0.4, 0.5) is 0 Å². The summed E-state index contributed by atoms with van der Waals surface area (Å²) in [6.07, 6.45) is 0. The molecule has 0 aromatic heterocycles. The molecule has 0 saturated heterocycles. The van der Waals surface area contributed by atoms with Crippen molar-refractivity contribution in [2.24, 2.45) is 0 Å². The molecule has 0 saturated carbocycles. The van der Waals surface area contributed by atoms with Crippen LogP contribution in [0.5, 0.6) is 17.2 Å². The van der Waals surface area contributed by atoms with E-state index in [0.29, 0.717) is 22.1 Å². The lowest BCUT2D eigenvalue weighted by atomic mass is 10.1. The van der Waals surface area contributed by atoms with E-state index in [9.17, 15) is 9.59 Å². The topological polar surface area (TPSA) is 71.1 Å². The molecule has 0 amide bonds. The van der Waals surface area contributed by atoms with Crippen molar-refractivity contribution in [3.63, 3.8) is 0 Å². The van der Waals surface area contributed by atoms with Crippen molar-refractivity contribution in [3.05, 3.63) is 52.5 Å². The molecule has 0 fully saturated rings. The number of ketones is 1. The molecule has 0 atom stereocenters. The van der Waals surface area contributed by atoms with Crippen LogP contribution in [0.3, 0.4) is 0 Å². The van der Waals surface area contributed by atoms with E-state index in [2.05, 4.69) is 0 Å². The summed E-state index contributed by atoms with van der Waals surface area (Å²) in [4.78, 5) is 24.4. The lowest BCUT2D eigenvalue weighted by Crippen LogP contribution is -2.15. The average molecular weight is 365 g/mol. The molecule has 0 heterocycles. The summed E-state index contributed by atoms with van der Waals surface area (Å²) in [7, 11) is 4.33. The van der Waals surface area contributed by atoms with Crippen LogP contribution in [0.1, 0.15) is 20.7 Å². The van der Waals surface area contributed by atoms with Crippen molar-refractivity contribution in [1.29, 1.82) is 0 Å². The van der Waals surface area contributed by atoms with Crippen molar-refractivity contribution in [1.82, 2.24) is 0 Å². The zero-order valence-corrected chi connectivity index (χ0v) is 14.8. The Balaban J connectivity index is 2.14. The molecular formula is C18H17ClO6. The predicted octanol–water partition coefficient (Wildman–Crippen LogP) is 3.41. The van der Waals surface area contributed by atoms with Crippen LogP contribution in [0.25, 0.3) is 0 Å². The second kappa shape index (κ2) is 8.39. The monoisotopic (exact) mass is 364 g/mol. The SMILES string of the molecule is COc1cc(OC)c(C(=O)OCC(=O)c2ccc(Cl)cc2)cc1OC. The Bertz CT molecular complexity index is 770. The van der Waals surface area contributed by atoms with E-state index < -0.39 is 12.6 Å². The van der Waals surface area contributed by atoms with Crippen LogP contribution >= 0.6 is 11.6 Å². The molecule has 0 radical (unpaired) electrons. The third-order valence-electron chi connectivity index (χ3n) is 3.43. The number of rotatable bonds is 7. The number of ether oxygens (including phenoxy) is 4. The third kappa shape index (κ3) is 4.42. The number of carbonyl (C=O) groups is 2. The van der Waals surface area contributed by atoms with Crippen LogP contribution in [-0.4, -0.2) is 39.7 Å². The fraction of sp³-hybridized carbons (Fsp3) is 0.222. The summed E-state index contributed by atoms with van der Waals surface area (Å²) in [5.41, 5.74) is 0.528. The summed E-state index contributed by atoms with van der Waals surface area (Å²) in [6, 6.07) is 9.26. The minimum absolute atomic E-state index is 0.129. The Hall–Kier alpha value is -2.73. The van der Waals surface area contributed by atoms with Crippen LogP contribution in [0, 0.1) is 0 Å². The highest BCUT2D eigenvalue weighted by atomic mass is 35.5. The molecule has 0 aliphatic carbocycles. The van der Waals surface area contributed by atoms with E-state index in [-0.39, 0.29) is 17.1 Å². The van der Waals surface area contributed by atoms with Crippen molar-refractivity contribution >= 4 is 23.4 Å². The Labute approximate surface area is 150 Å². The van der Waals surface area contributed by atoms with Gasteiger partial charge in [0.05, 0.1) is 21.3 Å². The smallest absolute Gasteiger partial charge is 0.342 e. The normalized spacial score (nSPS) is 10.1. The average Bonchev–Trinajstić information content (AvgIpc) is 2.65. The Kier molecular flexibility index (Phi) is 6.25. The Morgan fingerprint density at radius 3 is 2.00 bits per heavy atom. The fourth-order valence-corrected chi connectivity index (χ4v) is 2.24. The molecule has 2 aromatic carbocycles. The molecule has 6 nitrogen and oxygen atoms in total. The van der Waals surface area contributed by atoms with Crippen LogP contribution in [-0.2, 0) is 4.74 Å². The van der Waals surface area contributed by atoms with E-state index in [0.717, 1.165) is 0 Å². The standard InChI is InChI=1S/C18H17ClO6/c1-22-15-9-17(24-3)16(23-2)8-13(15)18(21)25-10-14(20)11-4-6-12(19)7-5-11/h4-9H,10H2,1-3H3. The number of halogens is 1. The first-order chi connectivity index (χ1) is 12.0. The van der Waals surface area contributed by atoms with Crippen LogP contribution in [0.15, 0.2) is 36.4 Å². The number of Topliss-reactive ketones (excluding diaryl/α,β-unsaturated/α-hetero) is 1. The third-order valence-corrected chi connectivity index (χ3v) is 3.68. The zero-order valence-electron chi connectivity index (χ0n) is 14.0. The number of benzene rings is 2. The van der Waals surface area contributed by atoms with E-state index in [1.54, 1.807) is 24.3 Å². The van der Waals surface area contributed by atoms with Crippen LogP contribution in [0.2, 0.25) is 5.02 Å². The van der Waals surface area contributed by atoms with Gasteiger partial charge in [-0.15, -0.1) is 0 Å². The largest absolute Gasteiger partial charge is 0.496 e. The molecule has 0 aliphatic heterocycles. The van der Waals surface area contributed by atoms with Crippen molar-refractivity contribution in [3.8, 4) is 17.2 Å². The molecule has 0 N–H and O–H groups in total. The van der Waals surface area contributed by atoms with Crippen molar-refractivity contribution < 1.29 is 28.5 Å². The molecular weight excluding hydrogens is 348 g/mol. The molecule has 0 bridgehead atoms. The molecule has 2 rings (SSSR count). The number of hydrogen-bond donors (Lipinski definition) is 0.